The van der Waals surface area contributed by atoms with Crippen LogP contribution in [0.1, 0.15) is 30.9 Å². The first kappa shape index (κ1) is 15.8. The Balaban J connectivity index is 2.16. The predicted octanol–water partition coefficient (Wildman–Crippen LogP) is 2.42. The lowest BCUT2D eigenvalue weighted by Crippen LogP contribution is -2.40. The van der Waals surface area contributed by atoms with Crippen LogP contribution in [-0.2, 0) is 10.0 Å². The molecular weight excluding hydrogens is 296 g/mol. The van der Waals surface area contributed by atoms with Gasteiger partial charge in [0, 0.05) is 17.6 Å². The number of hydrogen-bond acceptors (Lipinski definition) is 3. The maximum atomic E-state index is 11.4. The number of nitrogens with one attached hydrogen (secondary N) is 1. The first-order valence-electron chi connectivity index (χ1n) is 6.90. The average Bonchev–Trinajstić information content (AvgIpc) is 2.41. The van der Waals surface area contributed by atoms with Crippen molar-refractivity contribution in [3.05, 3.63) is 34.9 Å². The molecule has 0 amide bonds. The van der Waals surface area contributed by atoms with E-state index in [0.29, 0.717) is 11.6 Å². The normalized spacial score (nSPS) is 18.9. The minimum Gasteiger partial charge on any atom is -0.295 e. The Morgan fingerprint density at radius 3 is 2.35 bits per heavy atom. The third kappa shape index (κ3) is 4.74. The third-order valence-corrected chi connectivity index (χ3v) is 4.57. The summed E-state index contributed by atoms with van der Waals surface area (Å²) in [6.07, 6.45) is 4.79. The number of sulfonamides is 1. The Morgan fingerprint density at radius 1 is 1.20 bits per heavy atom. The van der Waals surface area contributed by atoms with Gasteiger partial charge in [-0.15, -0.1) is 0 Å². The third-order valence-electron chi connectivity index (χ3n) is 3.63. The molecule has 0 aliphatic carbocycles. The van der Waals surface area contributed by atoms with Gasteiger partial charge in [-0.05, 0) is 43.6 Å². The molecule has 0 radical (unpaired) electrons. The smallest absolute Gasteiger partial charge is 0.208 e. The Hall–Kier alpha value is -0.620. The minimum atomic E-state index is -3.18. The van der Waals surface area contributed by atoms with Crippen molar-refractivity contribution in [2.24, 2.45) is 0 Å². The van der Waals surface area contributed by atoms with Gasteiger partial charge in [0.15, 0.2) is 0 Å². The molecule has 1 aliphatic rings. The summed E-state index contributed by atoms with van der Waals surface area (Å²) < 4.78 is 25.3. The summed E-state index contributed by atoms with van der Waals surface area (Å²) in [6, 6.07) is 7.74. The second kappa shape index (κ2) is 6.89. The molecule has 20 heavy (non-hydrogen) atoms. The molecule has 1 aliphatic heterocycles. The zero-order valence-corrected chi connectivity index (χ0v) is 13.3. The van der Waals surface area contributed by atoms with Crippen LogP contribution in [0.5, 0.6) is 0 Å². The quantitative estimate of drug-likeness (QED) is 0.907. The zero-order valence-electron chi connectivity index (χ0n) is 11.7. The summed E-state index contributed by atoms with van der Waals surface area (Å²) in [4.78, 5) is 2.35. The van der Waals surface area contributed by atoms with Crippen LogP contribution < -0.4 is 4.72 Å². The van der Waals surface area contributed by atoms with E-state index in [2.05, 4.69) is 9.62 Å². The Bertz CT molecular complexity index is 525. The van der Waals surface area contributed by atoms with Crippen LogP contribution in [-0.4, -0.2) is 39.2 Å². The van der Waals surface area contributed by atoms with Gasteiger partial charge < -0.3 is 0 Å². The highest BCUT2D eigenvalue weighted by Gasteiger charge is 2.23. The van der Waals surface area contributed by atoms with Gasteiger partial charge in [-0.3, -0.25) is 4.90 Å². The fourth-order valence-corrected chi connectivity index (χ4v) is 3.19. The number of nitrogens with zero attached hydrogens (tertiary/aromatic N) is 1. The van der Waals surface area contributed by atoms with Gasteiger partial charge in [0.05, 0.1) is 6.26 Å². The van der Waals surface area contributed by atoms with Crippen molar-refractivity contribution in [2.45, 2.75) is 25.3 Å². The molecule has 2 rings (SSSR count). The average molecular weight is 317 g/mol. The van der Waals surface area contributed by atoms with Gasteiger partial charge in [-0.1, -0.05) is 30.2 Å². The highest BCUT2D eigenvalue weighted by Crippen LogP contribution is 2.25. The van der Waals surface area contributed by atoms with Crippen molar-refractivity contribution < 1.29 is 8.42 Å². The number of rotatable bonds is 5. The van der Waals surface area contributed by atoms with Gasteiger partial charge in [-0.25, -0.2) is 13.1 Å². The summed E-state index contributed by atoms with van der Waals surface area (Å²) >= 11 is 5.93. The van der Waals surface area contributed by atoms with Crippen LogP contribution in [0, 0.1) is 0 Å². The first-order valence-corrected chi connectivity index (χ1v) is 9.17. The van der Waals surface area contributed by atoms with E-state index in [1.807, 2.05) is 24.3 Å². The Labute approximate surface area is 126 Å². The topological polar surface area (TPSA) is 49.4 Å². The molecule has 1 N–H and O–H groups in total. The number of piperidine rings is 1. The number of likely N-dealkylation sites (tertiary alicyclic amines) is 1. The molecule has 1 atom stereocenters. The van der Waals surface area contributed by atoms with Crippen LogP contribution in [0.2, 0.25) is 5.02 Å². The van der Waals surface area contributed by atoms with Crippen LogP contribution in [0.15, 0.2) is 24.3 Å². The van der Waals surface area contributed by atoms with Crippen molar-refractivity contribution in [2.75, 3.05) is 25.9 Å². The number of halogens is 1. The van der Waals surface area contributed by atoms with Crippen LogP contribution in [0.3, 0.4) is 0 Å². The van der Waals surface area contributed by atoms with Crippen LogP contribution in [0.4, 0.5) is 0 Å². The summed E-state index contributed by atoms with van der Waals surface area (Å²) in [6.45, 7) is 2.43. The molecular formula is C14H21ClN2O2S. The lowest BCUT2D eigenvalue weighted by molar-refractivity contribution is 0.165. The molecule has 1 saturated heterocycles. The van der Waals surface area contributed by atoms with E-state index in [4.69, 9.17) is 11.6 Å². The standard InChI is InChI=1S/C14H21ClN2O2S/c1-20(18,19)16-11-14(17-9-3-2-4-10-17)12-5-7-13(15)8-6-12/h5-8,14,16H,2-4,9-11H2,1H3/t14-/m1/s1. The lowest BCUT2D eigenvalue weighted by atomic mass is 10.0. The van der Waals surface area contributed by atoms with Crippen LogP contribution in [0.25, 0.3) is 0 Å². The van der Waals surface area contributed by atoms with Crippen molar-refractivity contribution in [3.63, 3.8) is 0 Å². The highest BCUT2D eigenvalue weighted by atomic mass is 35.5. The molecule has 1 heterocycles. The molecule has 4 nitrogen and oxygen atoms in total. The van der Waals surface area contributed by atoms with E-state index in [9.17, 15) is 8.42 Å². The highest BCUT2D eigenvalue weighted by molar-refractivity contribution is 7.88. The summed E-state index contributed by atoms with van der Waals surface area (Å²) in [7, 11) is -3.18. The monoisotopic (exact) mass is 316 g/mol. The second-order valence-corrected chi connectivity index (χ2v) is 7.55. The van der Waals surface area contributed by atoms with Crippen molar-refractivity contribution in [1.82, 2.24) is 9.62 Å². The van der Waals surface area contributed by atoms with E-state index in [1.165, 1.54) is 25.5 Å². The zero-order chi connectivity index (χ0) is 14.6. The maximum Gasteiger partial charge on any atom is 0.208 e. The lowest BCUT2D eigenvalue weighted by Gasteiger charge is -2.35. The van der Waals surface area contributed by atoms with E-state index in [1.54, 1.807) is 0 Å². The molecule has 1 fully saturated rings. The molecule has 0 unspecified atom stereocenters. The van der Waals surface area contributed by atoms with E-state index in [-0.39, 0.29) is 6.04 Å². The summed E-state index contributed by atoms with van der Waals surface area (Å²) in [5.74, 6) is 0. The van der Waals surface area contributed by atoms with Crippen LogP contribution >= 0.6 is 11.6 Å². The van der Waals surface area contributed by atoms with Gasteiger partial charge in [-0.2, -0.15) is 0 Å². The Kier molecular flexibility index (Phi) is 5.43. The second-order valence-electron chi connectivity index (χ2n) is 5.28. The number of benzene rings is 1. The molecule has 0 aromatic heterocycles. The fraction of sp³-hybridized carbons (Fsp3) is 0.571. The van der Waals surface area contributed by atoms with Crippen molar-refractivity contribution in [1.29, 1.82) is 0 Å². The minimum absolute atomic E-state index is 0.0716. The molecule has 1 aromatic carbocycles. The molecule has 0 spiro atoms. The first-order chi connectivity index (χ1) is 9.46. The molecule has 0 saturated carbocycles. The SMILES string of the molecule is CS(=O)(=O)NC[C@H](c1ccc(Cl)cc1)N1CCCCC1. The number of hydrogen-bond donors (Lipinski definition) is 1. The van der Waals surface area contributed by atoms with E-state index in [0.717, 1.165) is 18.7 Å². The molecule has 6 heteroatoms. The fourth-order valence-electron chi connectivity index (χ4n) is 2.60. The van der Waals surface area contributed by atoms with Gasteiger partial charge in [0.25, 0.3) is 0 Å². The van der Waals surface area contributed by atoms with Crippen molar-refractivity contribution in [3.8, 4) is 0 Å². The molecule has 112 valence electrons. The van der Waals surface area contributed by atoms with E-state index < -0.39 is 10.0 Å². The van der Waals surface area contributed by atoms with Gasteiger partial charge in [0.1, 0.15) is 0 Å². The van der Waals surface area contributed by atoms with Crippen molar-refractivity contribution >= 4 is 21.6 Å². The molecule has 1 aromatic rings. The van der Waals surface area contributed by atoms with Gasteiger partial charge in [0.2, 0.25) is 10.0 Å². The van der Waals surface area contributed by atoms with Gasteiger partial charge >= 0.3 is 0 Å². The van der Waals surface area contributed by atoms with E-state index >= 15 is 0 Å². The Morgan fingerprint density at radius 2 is 1.80 bits per heavy atom. The summed E-state index contributed by atoms with van der Waals surface area (Å²) in [5, 5.41) is 0.696. The predicted molar refractivity (Wildman–Crippen MR) is 82.5 cm³/mol. The largest absolute Gasteiger partial charge is 0.295 e. The maximum absolute atomic E-state index is 11.4. The summed E-state index contributed by atoms with van der Waals surface area (Å²) in [5.41, 5.74) is 1.10. The molecule has 0 bridgehead atoms.